The summed E-state index contributed by atoms with van der Waals surface area (Å²) in [6, 6.07) is 0. The van der Waals surface area contributed by atoms with Gasteiger partial charge in [-0.3, -0.25) is 4.79 Å². The van der Waals surface area contributed by atoms with E-state index in [9.17, 15) is 4.79 Å². The van der Waals surface area contributed by atoms with E-state index in [0.717, 1.165) is 0 Å². The molecule has 0 aromatic heterocycles. The van der Waals surface area contributed by atoms with Crippen LogP contribution in [0.3, 0.4) is 0 Å². The lowest BCUT2D eigenvalue weighted by molar-refractivity contribution is -0.140. The number of carbonyl (C=O) groups is 1. The Morgan fingerprint density at radius 2 is 1.86 bits per heavy atom. The minimum atomic E-state index is -0.666. The molecule has 1 N–H and O–H groups in total. The average Bonchev–Trinajstić information content (AvgIpc) is 2.18. The first-order valence-corrected chi connectivity index (χ1v) is 6.44. The van der Waals surface area contributed by atoms with Gasteiger partial charge in [-0.2, -0.15) is 11.8 Å². The molecule has 0 aromatic carbocycles. The van der Waals surface area contributed by atoms with Gasteiger partial charge in [-0.25, -0.2) is 0 Å². The normalized spacial score (nSPS) is 23.0. The zero-order chi connectivity index (χ0) is 10.6. The summed E-state index contributed by atoms with van der Waals surface area (Å²) in [7, 11) is 0. The van der Waals surface area contributed by atoms with E-state index in [0.29, 0.717) is 5.25 Å². The van der Waals surface area contributed by atoms with Crippen LogP contribution in [0, 0.1) is 5.92 Å². The molecular weight excluding hydrogens is 196 g/mol. The molecule has 1 aliphatic rings. The molecule has 0 saturated heterocycles. The molecule has 2 atom stereocenters. The molecule has 1 saturated carbocycles. The Morgan fingerprint density at radius 3 is 2.36 bits per heavy atom. The molecule has 3 heteroatoms. The van der Waals surface area contributed by atoms with E-state index >= 15 is 0 Å². The van der Waals surface area contributed by atoms with E-state index in [2.05, 4.69) is 0 Å². The summed E-state index contributed by atoms with van der Waals surface area (Å²) in [5.74, 6) is -0.886. The molecule has 14 heavy (non-hydrogen) atoms. The number of thioether (sulfide) groups is 1. The summed E-state index contributed by atoms with van der Waals surface area (Å²) in [4.78, 5) is 10.8. The summed E-state index contributed by atoms with van der Waals surface area (Å²) < 4.78 is 0. The Kier molecular flexibility index (Phi) is 4.79. The van der Waals surface area contributed by atoms with Crippen molar-refractivity contribution in [2.75, 3.05) is 0 Å². The Morgan fingerprint density at radius 1 is 1.29 bits per heavy atom. The average molecular weight is 216 g/mol. The van der Waals surface area contributed by atoms with Crippen LogP contribution in [-0.2, 0) is 4.79 Å². The van der Waals surface area contributed by atoms with Gasteiger partial charge in [-0.1, -0.05) is 33.1 Å². The van der Waals surface area contributed by atoms with E-state index in [1.165, 1.54) is 32.1 Å². The molecule has 1 aliphatic carbocycles. The van der Waals surface area contributed by atoms with Crippen LogP contribution >= 0.6 is 11.8 Å². The number of carboxylic acids is 1. The largest absolute Gasteiger partial charge is 0.481 e. The van der Waals surface area contributed by atoms with Crippen LogP contribution in [0.5, 0.6) is 0 Å². The van der Waals surface area contributed by atoms with Gasteiger partial charge in [0.2, 0.25) is 0 Å². The highest BCUT2D eigenvalue weighted by Gasteiger charge is 2.24. The summed E-state index contributed by atoms with van der Waals surface area (Å²) in [6.45, 7) is 3.85. The van der Waals surface area contributed by atoms with Crippen LogP contribution in [0.25, 0.3) is 0 Å². The van der Waals surface area contributed by atoms with E-state index in [1.54, 1.807) is 0 Å². The highest BCUT2D eigenvalue weighted by atomic mass is 32.2. The van der Waals surface area contributed by atoms with E-state index in [1.807, 2.05) is 25.6 Å². The molecule has 82 valence electrons. The second-order valence-electron chi connectivity index (χ2n) is 4.23. The van der Waals surface area contributed by atoms with Crippen LogP contribution in [-0.4, -0.2) is 21.6 Å². The first-order chi connectivity index (χ1) is 6.61. The molecule has 0 aliphatic heterocycles. The summed E-state index contributed by atoms with van der Waals surface area (Å²) >= 11 is 1.88. The molecule has 0 amide bonds. The van der Waals surface area contributed by atoms with Crippen molar-refractivity contribution >= 4 is 17.7 Å². The third-order valence-corrected chi connectivity index (χ3v) is 4.75. The number of hydrogen-bond acceptors (Lipinski definition) is 2. The summed E-state index contributed by atoms with van der Waals surface area (Å²) in [5.41, 5.74) is 0. The van der Waals surface area contributed by atoms with Crippen LogP contribution in [0.15, 0.2) is 0 Å². The fraction of sp³-hybridized carbons (Fsp3) is 0.909. The van der Waals surface area contributed by atoms with Gasteiger partial charge in [0.15, 0.2) is 0 Å². The lowest BCUT2D eigenvalue weighted by Gasteiger charge is -2.25. The maximum atomic E-state index is 10.8. The second-order valence-corrected chi connectivity index (χ2v) is 5.91. The molecule has 2 nitrogen and oxygen atoms in total. The predicted molar refractivity (Wildman–Crippen MR) is 60.7 cm³/mol. The van der Waals surface area contributed by atoms with Crippen LogP contribution < -0.4 is 0 Å². The number of carboxylic acid groups (broad SMARTS) is 1. The van der Waals surface area contributed by atoms with Gasteiger partial charge in [0, 0.05) is 10.5 Å². The maximum absolute atomic E-state index is 10.8. The Balaban J connectivity index is 2.31. The third-order valence-electron chi connectivity index (χ3n) is 3.05. The third kappa shape index (κ3) is 3.52. The highest BCUT2D eigenvalue weighted by Crippen LogP contribution is 2.33. The standard InChI is InChI=1S/C11H20O2S/c1-8(11(12)13)9(2)14-10-6-4-3-5-7-10/h8-10H,3-7H2,1-2H3,(H,12,13). The first-order valence-electron chi connectivity index (χ1n) is 5.49. The van der Waals surface area contributed by atoms with Crippen LogP contribution in [0.4, 0.5) is 0 Å². The van der Waals surface area contributed by atoms with Gasteiger partial charge in [0.25, 0.3) is 0 Å². The molecule has 1 fully saturated rings. The summed E-state index contributed by atoms with van der Waals surface area (Å²) in [6.07, 6.45) is 6.57. The van der Waals surface area contributed by atoms with Crippen molar-refractivity contribution < 1.29 is 9.90 Å². The van der Waals surface area contributed by atoms with Crippen LogP contribution in [0.1, 0.15) is 46.0 Å². The van der Waals surface area contributed by atoms with Crippen molar-refractivity contribution in [3.05, 3.63) is 0 Å². The van der Waals surface area contributed by atoms with Gasteiger partial charge >= 0.3 is 5.97 Å². The fourth-order valence-electron chi connectivity index (χ4n) is 1.82. The quantitative estimate of drug-likeness (QED) is 0.784. The van der Waals surface area contributed by atoms with Gasteiger partial charge in [0.05, 0.1) is 5.92 Å². The van der Waals surface area contributed by atoms with Crippen molar-refractivity contribution in [1.29, 1.82) is 0 Å². The molecule has 0 radical (unpaired) electrons. The lowest BCUT2D eigenvalue weighted by atomic mass is 10.0. The van der Waals surface area contributed by atoms with Gasteiger partial charge in [-0.05, 0) is 12.8 Å². The zero-order valence-corrected chi connectivity index (χ0v) is 9.85. The monoisotopic (exact) mass is 216 g/mol. The Labute approximate surface area is 90.5 Å². The smallest absolute Gasteiger partial charge is 0.307 e. The lowest BCUT2D eigenvalue weighted by Crippen LogP contribution is -2.23. The predicted octanol–water partition coefficient (Wildman–Crippen LogP) is 3.16. The van der Waals surface area contributed by atoms with Gasteiger partial charge < -0.3 is 5.11 Å². The van der Waals surface area contributed by atoms with Crippen molar-refractivity contribution in [3.63, 3.8) is 0 Å². The maximum Gasteiger partial charge on any atom is 0.307 e. The number of aliphatic carboxylic acids is 1. The molecular formula is C11H20O2S. The van der Waals surface area contributed by atoms with Crippen molar-refractivity contribution in [1.82, 2.24) is 0 Å². The summed E-state index contributed by atoms with van der Waals surface area (Å²) in [5, 5.41) is 9.82. The van der Waals surface area contributed by atoms with Crippen molar-refractivity contribution in [2.45, 2.75) is 56.5 Å². The molecule has 2 unspecified atom stereocenters. The first kappa shape index (κ1) is 11.9. The van der Waals surface area contributed by atoms with E-state index in [4.69, 9.17) is 5.11 Å². The Bertz CT molecular complexity index is 188. The van der Waals surface area contributed by atoms with E-state index in [-0.39, 0.29) is 11.2 Å². The molecule has 0 bridgehead atoms. The van der Waals surface area contributed by atoms with Crippen molar-refractivity contribution in [2.24, 2.45) is 5.92 Å². The number of hydrogen-bond donors (Lipinski definition) is 1. The highest BCUT2D eigenvalue weighted by molar-refractivity contribution is 8.00. The fourth-order valence-corrected chi connectivity index (χ4v) is 3.39. The van der Waals surface area contributed by atoms with Gasteiger partial charge in [-0.15, -0.1) is 0 Å². The minimum Gasteiger partial charge on any atom is -0.481 e. The SMILES string of the molecule is CC(SC1CCCCC1)C(C)C(=O)O. The topological polar surface area (TPSA) is 37.3 Å². The second kappa shape index (κ2) is 5.64. The number of rotatable bonds is 4. The van der Waals surface area contributed by atoms with Gasteiger partial charge in [0.1, 0.15) is 0 Å². The van der Waals surface area contributed by atoms with Crippen LogP contribution in [0.2, 0.25) is 0 Å². The molecule has 0 heterocycles. The molecule has 0 spiro atoms. The molecule has 1 rings (SSSR count). The van der Waals surface area contributed by atoms with Crippen molar-refractivity contribution in [3.8, 4) is 0 Å². The zero-order valence-electron chi connectivity index (χ0n) is 9.03. The minimum absolute atomic E-state index is 0.220. The van der Waals surface area contributed by atoms with E-state index < -0.39 is 5.97 Å². The Hall–Kier alpha value is -0.180. The molecule has 0 aromatic rings.